The Hall–Kier alpha value is -0.683. The zero-order valence-electron chi connectivity index (χ0n) is 13.1. The second kappa shape index (κ2) is 7.43. The summed E-state index contributed by atoms with van der Waals surface area (Å²) in [6.45, 7) is 0. The van der Waals surface area contributed by atoms with Crippen LogP contribution in [-0.2, 0) is 10.1 Å². The molecule has 0 amide bonds. The van der Waals surface area contributed by atoms with Crippen LogP contribution in [0.2, 0.25) is 0 Å². The maximum Gasteiger partial charge on any atom is 1.00 e. The van der Waals surface area contributed by atoms with E-state index in [0.29, 0.717) is 0 Å². The van der Waals surface area contributed by atoms with Gasteiger partial charge in [-0.2, -0.15) is 70.2 Å². The van der Waals surface area contributed by atoms with Crippen molar-refractivity contribution in [3.05, 3.63) is 0 Å². The molecule has 30 heavy (non-hydrogen) atoms. The Kier molecular flexibility index (Phi) is 7.81. The molecule has 0 aliphatic carbocycles. The Morgan fingerprint density at radius 1 is 0.467 bits per heavy atom. The van der Waals surface area contributed by atoms with Crippen LogP contribution in [0.4, 0.5) is 74.6 Å². The number of alkyl halides is 17. The molecule has 0 rings (SSSR count). The summed E-state index contributed by atoms with van der Waals surface area (Å²) in [4.78, 5) is 0. The van der Waals surface area contributed by atoms with E-state index in [9.17, 15) is 87.6 Å². The summed E-state index contributed by atoms with van der Waals surface area (Å²) in [7, 11) is -8.17. The van der Waals surface area contributed by atoms with Crippen LogP contribution in [0.5, 0.6) is 0 Å². The van der Waals surface area contributed by atoms with Gasteiger partial charge in [-0.25, -0.2) is 12.8 Å². The van der Waals surface area contributed by atoms with Crippen LogP contribution in [-0.4, -0.2) is 59.9 Å². The van der Waals surface area contributed by atoms with Crippen LogP contribution in [0.3, 0.4) is 0 Å². The molecule has 0 aliphatic heterocycles. The van der Waals surface area contributed by atoms with Gasteiger partial charge in [-0.3, -0.25) is 0 Å². The van der Waals surface area contributed by atoms with Crippen LogP contribution in [0, 0.1) is 0 Å². The molecule has 0 heterocycles. The summed E-state index contributed by atoms with van der Waals surface area (Å²) in [5.41, 5.74) is -8.73. The minimum Gasteiger partial charge on any atom is -0.743 e. The van der Waals surface area contributed by atoms with Gasteiger partial charge in [-0.15, -0.1) is 0 Å². The van der Waals surface area contributed by atoms with Crippen molar-refractivity contribution in [1.82, 2.24) is 0 Å². The molecule has 0 saturated heterocycles. The average molecular weight is 506 g/mol. The summed E-state index contributed by atoms with van der Waals surface area (Å²) in [5.74, 6) is -35.5. The van der Waals surface area contributed by atoms with E-state index in [1.54, 1.807) is 0 Å². The van der Waals surface area contributed by atoms with E-state index in [1.165, 1.54) is 0 Å². The molecule has 0 spiro atoms. The molecule has 0 N–H and O–H groups in total. The van der Waals surface area contributed by atoms with Gasteiger partial charge in [-0.05, 0) is 0 Å². The molecule has 0 bridgehead atoms. The fourth-order valence-corrected chi connectivity index (χ4v) is 1.91. The van der Waals surface area contributed by atoms with Gasteiger partial charge in [-0.1, -0.05) is 0 Å². The second-order valence-electron chi connectivity index (χ2n) is 4.92. The van der Waals surface area contributed by atoms with E-state index >= 15 is 0 Å². The van der Waals surface area contributed by atoms with Crippen molar-refractivity contribution in [2.75, 3.05) is 0 Å². The molecule has 0 radical (unpaired) electrons. The van der Waals surface area contributed by atoms with Crippen molar-refractivity contribution in [3.63, 3.8) is 0 Å². The first-order chi connectivity index (χ1) is 12.0. The molecule has 0 unspecified atom stereocenters. The second-order valence-corrected chi connectivity index (χ2v) is 6.34. The van der Waals surface area contributed by atoms with Crippen molar-refractivity contribution < 1.29 is 106 Å². The Morgan fingerprint density at radius 3 is 0.900 bits per heavy atom. The topological polar surface area (TPSA) is 57.2 Å². The van der Waals surface area contributed by atoms with E-state index in [2.05, 4.69) is 0 Å². The monoisotopic (exact) mass is 506 g/mol. The molecule has 0 aromatic carbocycles. The molecule has 0 fully saturated rings. The fourth-order valence-electron chi connectivity index (χ4n) is 1.47. The van der Waals surface area contributed by atoms with Crippen LogP contribution in [0.25, 0.3) is 0 Å². The summed E-state index contributed by atoms with van der Waals surface area (Å²) in [6, 6.07) is 0. The number of rotatable bonds is 6. The van der Waals surface area contributed by atoms with Gasteiger partial charge in [0.2, 0.25) is 0 Å². The van der Waals surface area contributed by atoms with Gasteiger partial charge in [0.15, 0.2) is 10.1 Å². The zero-order chi connectivity index (χ0) is 24.5. The quantitative estimate of drug-likeness (QED) is 0.312. The van der Waals surface area contributed by atoms with E-state index in [-0.39, 0.29) is 18.9 Å². The van der Waals surface area contributed by atoms with E-state index in [4.69, 9.17) is 0 Å². The average Bonchev–Trinajstić information content (AvgIpc) is 2.41. The van der Waals surface area contributed by atoms with Gasteiger partial charge in [0.1, 0.15) is 0 Å². The zero-order valence-corrected chi connectivity index (χ0v) is 13.9. The summed E-state index contributed by atoms with van der Waals surface area (Å²) < 4.78 is 245. The van der Waals surface area contributed by atoms with Crippen molar-refractivity contribution in [2.45, 2.75) is 47.0 Å². The van der Waals surface area contributed by atoms with Crippen LogP contribution in [0.15, 0.2) is 0 Å². The molecule has 0 aromatic rings. The van der Waals surface area contributed by atoms with Gasteiger partial charge in [0.25, 0.3) is 0 Å². The van der Waals surface area contributed by atoms with Crippen LogP contribution >= 0.6 is 0 Å². The first kappa shape index (κ1) is 31.5. The predicted molar refractivity (Wildman–Crippen MR) is 50.4 cm³/mol. The fraction of sp³-hybridized carbons (Fsp3) is 1.00. The first-order valence-electron chi connectivity index (χ1n) is 5.67. The predicted octanol–water partition coefficient (Wildman–Crippen LogP) is 1.50. The molecule has 0 aromatic heterocycles. The van der Waals surface area contributed by atoms with Gasteiger partial charge in [0, 0.05) is 0 Å². The minimum atomic E-state index is -9.02. The SMILES string of the molecule is O=S(=O)([O-])C(F)(F)C(F)(F)C(F)(F)C(F)(F)C(F)(F)C(F)(C(F)(F)F)C(F)(F)F.[Li+]. The summed E-state index contributed by atoms with van der Waals surface area (Å²) in [6.07, 6.45) is -16.6. The van der Waals surface area contributed by atoms with Crippen molar-refractivity contribution >= 4 is 10.1 Å². The first-order valence-corrected chi connectivity index (χ1v) is 7.08. The summed E-state index contributed by atoms with van der Waals surface area (Å²) in [5, 5.41) is -7.99. The summed E-state index contributed by atoms with van der Waals surface area (Å²) >= 11 is 0. The molecule has 0 atom stereocenters. The van der Waals surface area contributed by atoms with Crippen LogP contribution in [0.1, 0.15) is 0 Å². The molecule has 0 aliphatic rings. The third-order valence-electron chi connectivity index (χ3n) is 3.08. The Labute approximate surface area is 164 Å². The number of halogens is 17. The van der Waals surface area contributed by atoms with Crippen molar-refractivity contribution in [1.29, 1.82) is 0 Å². The van der Waals surface area contributed by atoms with Gasteiger partial charge in [0.05, 0.1) is 0 Å². The van der Waals surface area contributed by atoms with Crippen molar-refractivity contribution in [2.24, 2.45) is 0 Å². The Balaban J connectivity index is 0. The molecule has 176 valence electrons. The van der Waals surface area contributed by atoms with Gasteiger partial charge >= 0.3 is 65.8 Å². The number of hydrogen-bond acceptors (Lipinski definition) is 3. The molecular weight excluding hydrogens is 506 g/mol. The van der Waals surface area contributed by atoms with E-state index in [0.717, 1.165) is 0 Å². The number of hydrogen-bond donors (Lipinski definition) is 0. The maximum absolute atomic E-state index is 13.1. The Morgan fingerprint density at radius 2 is 0.700 bits per heavy atom. The van der Waals surface area contributed by atoms with Crippen molar-refractivity contribution in [3.8, 4) is 0 Å². The molecular formula is C8F17LiO3S. The normalized spacial score (nSPS) is 16.3. The van der Waals surface area contributed by atoms with Gasteiger partial charge < -0.3 is 4.55 Å². The van der Waals surface area contributed by atoms with E-state index < -0.39 is 57.1 Å². The molecule has 0 saturated carbocycles. The van der Waals surface area contributed by atoms with Crippen LogP contribution < -0.4 is 18.9 Å². The smallest absolute Gasteiger partial charge is 0.743 e. The molecule has 3 nitrogen and oxygen atoms in total. The maximum atomic E-state index is 13.1. The molecule has 22 heteroatoms. The Bertz CT molecular complexity index is 721. The third kappa shape index (κ3) is 3.72. The minimum absolute atomic E-state index is 0. The standard InChI is InChI=1S/C8HF17O3S.Li/c9-1(6(18,19)20,7(21,22)23)2(10,11)3(12,13)4(14,15)5(16,17)8(24,25)29(26,27)28;/h(H,26,27,28);/q;+1/p-1. The largest absolute Gasteiger partial charge is 1.00 e. The van der Waals surface area contributed by atoms with E-state index in [1.807, 2.05) is 0 Å². The third-order valence-corrected chi connectivity index (χ3v) is 3.96.